The minimum Gasteiger partial charge on any atom is -0.499 e. The number of terminal acetylenes is 1. The highest BCUT2D eigenvalue weighted by Gasteiger charge is 2.23. The molecule has 0 aromatic rings. The predicted octanol–water partition coefficient (Wildman–Crippen LogP) is 2.13. The first-order valence-electron chi connectivity index (χ1n) is 8.35. The average molecular weight is 320 g/mol. The van der Waals surface area contributed by atoms with Crippen LogP contribution < -0.4 is 10.6 Å². The van der Waals surface area contributed by atoms with Crippen molar-refractivity contribution in [1.29, 1.82) is 0 Å². The van der Waals surface area contributed by atoms with E-state index in [1.54, 1.807) is 7.11 Å². The number of nitrogens with one attached hydrogen (secondary N) is 2. The van der Waals surface area contributed by atoms with E-state index in [1.165, 1.54) is 6.08 Å². The van der Waals surface area contributed by atoms with E-state index >= 15 is 0 Å². The maximum absolute atomic E-state index is 11.9. The minimum atomic E-state index is -0.0983. The Hall–Kier alpha value is -1.96. The van der Waals surface area contributed by atoms with Gasteiger partial charge < -0.3 is 15.4 Å². The summed E-state index contributed by atoms with van der Waals surface area (Å²) in [6.07, 6.45) is 13.0. The lowest BCUT2D eigenvalue weighted by atomic mass is 10.0. The lowest BCUT2D eigenvalue weighted by molar-refractivity contribution is -0.124. The quantitative estimate of drug-likeness (QED) is 0.453. The number of unbranched alkanes of at least 4 members (excludes halogenated alkanes) is 3. The maximum Gasteiger partial charge on any atom is 0.248 e. The molecule has 23 heavy (non-hydrogen) atoms. The number of carbonyl (C=O) groups excluding carboxylic acids is 2. The van der Waals surface area contributed by atoms with Gasteiger partial charge in [-0.3, -0.25) is 9.59 Å². The number of rotatable bonds is 11. The highest BCUT2D eigenvalue weighted by molar-refractivity contribution is 5.91. The fraction of sp³-hybridized carbons (Fsp3) is 0.667. The van der Waals surface area contributed by atoms with Crippen molar-refractivity contribution < 1.29 is 14.3 Å². The topological polar surface area (TPSA) is 67.4 Å². The zero-order chi connectivity index (χ0) is 17.1. The third kappa shape index (κ3) is 7.23. The van der Waals surface area contributed by atoms with Gasteiger partial charge in [-0.15, -0.1) is 12.3 Å². The van der Waals surface area contributed by atoms with Crippen molar-refractivity contribution in [2.75, 3.05) is 13.7 Å². The van der Waals surface area contributed by atoms with Crippen LogP contribution in [0.15, 0.2) is 11.8 Å². The van der Waals surface area contributed by atoms with Crippen molar-refractivity contribution in [3.63, 3.8) is 0 Å². The third-order valence-electron chi connectivity index (χ3n) is 4.04. The van der Waals surface area contributed by atoms with Crippen LogP contribution in [0.5, 0.6) is 0 Å². The summed E-state index contributed by atoms with van der Waals surface area (Å²) in [6.45, 7) is 2.62. The van der Waals surface area contributed by atoms with Gasteiger partial charge in [-0.25, -0.2) is 0 Å². The lowest BCUT2D eigenvalue weighted by Gasteiger charge is -2.15. The number of methoxy groups -OCH3 is 1. The molecule has 5 heteroatoms. The van der Waals surface area contributed by atoms with Gasteiger partial charge in [0.2, 0.25) is 11.8 Å². The largest absolute Gasteiger partial charge is 0.499 e. The molecule has 1 heterocycles. The van der Waals surface area contributed by atoms with Crippen LogP contribution in [0.4, 0.5) is 0 Å². The molecule has 0 radical (unpaired) electrons. The Morgan fingerprint density at radius 3 is 2.91 bits per heavy atom. The number of carbonyl (C=O) groups is 2. The van der Waals surface area contributed by atoms with Crippen LogP contribution >= 0.6 is 0 Å². The predicted molar refractivity (Wildman–Crippen MR) is 90.3 cm³/mol. The second-order valence-electron chi connectivity index (χ2n) is 5.95. The summed E-state index contributed by atoms with van der Waals surface area (Å²) in [5.41, 5.74) is 0. The van der Waals surface area contributed by atoms with Crippen molar-refractivity contribution in [3.8, 4) is 12.3 Å². The van der Waals surface area contributed by atoms with Crippen LogP contribution in [-0.2, 0) is 14.3 Å². The molecule has 128 valence electrons. The molecule has 2 N–H and O–H groups in total. The van der Waals surface area contributed by atoms with E-state index in [0.29, 0.717) is 12.3 Å². The molecule has 0 unspecified atom stereocenters. The molecule has 0 aliphatic carbocycles. The number of hydrogen-bond acceptors (Lipinski definition) is 3. The van der Waals surface area contributed by atoms with Crippen LogP contribution in [-0.4, -0.2) is 31.5 Å². The van der Waals surface area contributed by atoms with Gasteiger partial charge in [0.1, 0.15) is 5.76 Å². The Balaban J connectivity index is 2.08. The second kappa shape index (κ2) is 10.7. The summed E-state index contributed by atoms with van der Waals surface area (Å²) in [5.74, 6) is 3.35. The van der Waals surface area contributed by atoms with Crippen molar-refractivity contribution in [2.45, 2.75) is 57.9 Å². The van der Waals surface area contributed by atoms with Crippen molar-refractivity contribution in [3.05, 3.63) is 11.8 Å². The number of amides is 2. The van der Waals surface area contributed by atoms with Gasteiger partial charge >= 0.3 is 0 Å². The molecule has 5 nitrogen and oxygen atoms in total. The molecule has 1 aliphatic heterocycles. The Kier molecular flexibility index (Phi) is 8.89. The van der Waals surface area contributed by atoms with Crippen LogP contribution in [0.2, 0.25) is 0 Å². The normalized spacial score (nSPS) is 17.9. The van der Waals surface area contributed by atoms with Crippen LogP contribution in [0.25, 0.3) is 0 Å². The standard InChI is InChI=1S/C18H28N2O3/c1-4-5-6-7-10-14(2)18(22)19-12-9-8-11-15-16(23-3)13-17(21)20-15/h1,13-15H,5-12H2,2-3H3,(H,19,22)(H,20,21)/t14-,15-/m0/s1. The Bertz CT molecular complexity index is 465. The molecule has 2 atom stereocenters. The number of hydrogen-bond donors (Lipinski definition) is 2. The van der Waals surface area contributed by atoms with E-state index in [0.717, 1.165) is 44.9 Å². The van der Waals surface area contributed by atoms with E-state index in [4.69, 9.17) is 11.2 Å². The average Bonchev–Trinajstić information content (AvgIpc) is 2.90. The molecule has 0 bridgehead atoms. The lowest BCUT2D eigenvalue weighted by Crippen LogP contribution is -2.31. The summed E-state index contributed by atoms with van der Waals surface area (Å²) in [7, 11) is 1.57. The monoisotopic (exact) mass is 320 g/mol. The fourth-order valence-electron chi connectivity index (χ4n) is 2.60. The Morgan fingerprint density at radius 1 is 1.43 bits per heavy atom. The first-order chi connectivity index (χ1) is 11.1. The van der Waals surface area contributed by atoms with Crippen LogP contribution in [0.3, 0.4) is 0 Å². The van der Waals surface area contributed by atoms with E-state index < -0.39 is 0 Å². The molecule has 0 aromatic carbocycles. The van der Waals surface area contributed by atoms with E-state index in [2.05, 4.69) is 16.6 Å². The van der Waals surface area contributed by atoms with Gasteiger partial charge in [-0.1, -0.05) is 13.3 Å². The van der Waals surface area contributed by atoms with Gasteiger partial charge in [-0.05, 0) is 32.1 Å². The smallest absolute Gasteiger partial charge is 0.248 e. The van der Waals surface area contributed by atoms with E-state index in [1.807, 2.05) is 6.92 Å². The fourth-order valence-corrected chi connectivity index (χ4v) is 2.60. The summed E-state index contributed by atoms with van der Waals surface area (Å²) in [5, 5.41) is 5.82. The molecule has 0 saturated carbocycles. The summed E-state index contributed by atoms with van der Waals surface area (Å²) < 4.78 is 5.17. The van der Waals surface area contributed by atoms with E-state index in [-0.39, 0.29) is 23.8 Å². The van der Waals surface area contributed by atoms with Gasteiger partial charge in [0.15, 0.2) is 0 Å². The zero-order valence-corrected chi connectivity index (χ0v) is 14.2. The van der Waals surface area contributed by atoms with Gasteiger partial charge in [-0.2, -0.15) is 0 Å². The highest BCUT2D eigenvalue weighted by atomic mass is 16.5. The Labute approximate surface area is 139 Å². The molecule has 1 rings (SSSR count). The third-order valence-corrected chi connectivity index (χ3v) is 4.04. The molecule has 0 fully saturated rings. The first-order valence-corrected chi connectivity index (χ1v) is 8.35. The van der Waals surface area contributed by atoms with Crippen molar-refractivity contribution >= 4 is 11.8 Å². The second-order valence-corrected chi connectivity index (χ2v) is 5.95. The van der Waals surface area contributed by atoms with Gasteiger partial charge in [0.05, 0.1) is 13.2 Å². The maximum atomic E-state index is 11.9. The van der Waals surface area contributed by atoms with Gasteiger partial charge in [0.25, 0.3) is 0 Å². The summed E-state index contributed by atoms with van der Waals surface area (Å²) in [6, 6.07) is -0.0294. The SMILES string of the molecule is C#CCCCC[C@H](C)C(=O)NCCCC[C@@H]1NC(=O)C=C1OC. The number of ether oxygens (including phenoxy) is 1. The Morgan fingerprint density at radius 2 is 2.22 bits per heavy atom. The molecular weight excluding hydrogens is 292 g/mol. The molecular formula is C18H28N2O3. The van der Waals surface area contributed by atoms with Crippen molar-refractivity contribution in [1.82, 2.24) is 10.6 Å². The molecule has 0 spiro atoms. The van der Waals surface area contributed by atoms with Crippen LogP contribution in [0, 0.1) is 18.3 Å². The molecule has 1 aliphatic rings. The van der Waals surface area contributed by atoms with Crippen molar-refractivity contribution in [2.24, 2.45) is 5.92 Å². The summed E-state index contributed by atoms with van der Waals surface area (Å²) >= 11 is 0. The molecule has 2 amide bonds. The van der Waals surface area contributed by atoms with E-state index in [9.17, 15) is 9.59 Å². The first kappa shape index (κ1) is 19.1. The summed E-state index contributed by atoms with van der Waals surface area (Å²) in [4.78, 5) is 23.2. The molecule has 0 saturated heterocycles. The van der Waals surface area contributed by atoms with Gasteiger partial charge in [0, 0.05) is 25.0 Å². The zero-order valence-electron chi connectivity index (χ0n) is 14.2. The minimum absolute atomic E-state index is 0.0294. The van der Waals surface area contributed by atoms with Crippen LogP contribution in [0.1, 0.15) is 51.9 Å². The molecule has 0 aromatic heterocycles. The highest BCUT2D eigenvalue weighted by Crippen LogP contribution is 2.15.